The predicted molar refractivity (Wildman–Crippen MR) is 76.1 cm³/mol. The molecule has 20 heavy (non-hydrogen) atoms. The molecule has 0 amide bonds. The monoisotopic (exact) mass is 299 g/mol. The van der Waals surface area contributed by atoms with Gasteiger partial charge in [0, 0.05) is 39.0 Å². The van der Waals surface area contributed by atoms with E-state index in [0.29, 0.717) is 26.2 Å². The second-order valence-corrected chi connectivity index (χ2v) is 6.93. The summed E-state index contributed by atoms with van der Waals surface area (Å²) in [4.78, 5) is 6.01. The van der Waals surface area contributed by atoms with Crippen molar-refractivity contribution in [2.75, 3.05) is 38.5 Å². The molecule has 1 unspecified atom stereocenters. The summed E-state index contributed by atoms with van der Waals surface area (Å²) < 4.78 is 29.9. The van der Waals surface area contributed by atoms with E-state index in [0.717, 1.165) is 13.0 Å². The van der Waals surface area contributed by atoms with E-state index >= 15 is 0 Å². The number of ether oxygens (including phenoxy) is 1. The van der Waals surface area contributed by atoms with Crippen molar-refractivity contribution in [2.45, 2.75) is 17.6 Å². The third kappa shape index (κ3) is 4.24. The van der Waals surface area contributed by atoms with Gasteiger partial charge in [-0.05, 0) is 18.6 Å². The summed E-state index contributed by atoms with van der Waals surface area (Å²) in [5.41, 5.74) is 5.63. The first-order chi connectivity index (χ1) is 9.62. The van der Waals surface area contributed by atoms with Crippen molar-refractivity contribution in [3.63, 3.8) is 0 Å². The fraction of sp³-hybridized carbons (Fsp3) is 0.615. The minimum Gasteiger partial charge on any atom is -0.376 e. The van der Waals surface area contributed by atoms with Gasteiger partial charge in [-0.1, -0.05) is 6.07 Å². The van der Waals surface area contributed by atoms with Gasteiger partial charge >= 0.3 is 0 Å². The Morgan fingerprint density at radius 1 is 1.45 bits per heavy atom. The predicted octanol–water partition coefficient (Wildman–Crippen LogP) is -0.0951. The Morgan fingerprint density at radius 2 is 2.30 bits per heavy atom. The zero-order valence-electron chi connectivity index (χ0n) is 11.4. The number of hydrogen-bond donors (Lipinski definition) is 1. The van der Waals surface area contributed by atoms with E-state index in [9.17, 15) is 8.42 Å². The molecule has 0 saturated carbocycles. The molecule has 1 aromatic rings. The summed E-state index contributed by atoms with van der Waals surface area (Å²) >= 11 is 0. The highest BCUT2D eigenvalue weighted by Gasteiger charge is 2.21. The van der Waals surface area contributed by atoms with Crippen molar-refractivity contribution in [3.8, 4) is 0 Å². The maximum atomic E-state index is 12.2. The maximum Gasteiger partial charge on any atom is 0.196 e. The van der Waals surface area contributed by atoms with Crippen LogP contribution in [-0.2, 0) is 14.6 Å². The van der Waals surface area contributed by atoms with Crippen LogP contribution in [-0.4, -0.2) is 62.9 Å². The number of nitrogens with zero attached hydrogens (tertiary/aromatic N) is 2. The number of nitrogens with two attached hydrogens (primary N) is 1. The van der Waals surface area contributed by atoms with Crippen LogP contribution in [0.3, 0.4) is 0 Å². The van der Waals surface area contributed by atoms with E-state index in [1.807, 2.05) is 0 Å². The number of pyridine rings is 1. The van der Waals surface area contributed by atoms with Crippen LogP contribution < -0.4 is 5.73 Å². The summed E-state index contributed by atoms with van der Waals surface area (Å²) in [6, 6.07) is 4.92. The molecule has 0 bridgehead atoms. The highest BCUT2D eigenvalue weighted by atomic mass is 32.2. The van der Waals surface area contributed by atoms with Gasteiger partial charge in [0.2, 0.25) is 0 Å². The second-order valence-electron chi connectivity index (χ2n) is 4.87. The van der Waals surface area contributed by atoms with Gasteiger partial charge in [-0.15, -0.1) is 0 Å². The normalized spacial score (nSPS) is 21.6. The first-order valence-corrected chi connectivity index (χ1v) is 8.45. The zero-order valence-corrected chi connectivity index (χ0v) is 12.3. The van der Waals surface area contributed by atoms with E-state index in [-0.39, 0.29) is 16.9 Å². The molecular formula is C13H21N3O3S. The molecule has 1 aliphatic rings. The Bertz CT molecular complexity index is 507. The van der Waals surface area contributed by atoms with Crippen LogP contribution in [0.15, 0.2) is 29.4 Å². The molecule has 1 saturated heterocycles. The maximum absolute atomic E-state index is 12.2. The van der Waals surface area contributed by atoms with Gasteiger partial charge in [0.05, 0.1) is 11.9 Å². The first-order valence-electron chi connectivity index (χ1n) is 6.79. The van der Waals surface area contributed by atoms with Gasteiger partial charge in [-0.25, -0.2) is 13.4 Å². The molecule has 0 radical (unpaired) electrons. The summed E-state index contributed by atoms with van der Waals surface area (Å²) in [6.45, 7) is 3.16. The molecule has 0 spiro atoms. The first kappa shape index (κ1) is 15.4. The number of rotatable bonds is 5. The quantitative estimate of drug-likeness (QED) is 0.817. The molecular weight excluding hydrogens is 278 g/mol. The minimum atomic E-state index is -3.32. The molecule has 0 aliphatic carbocycles. The van der Waals surface area contributed by atoms with Crippen LogP contribution in [0.25, 0.3) is 0 Å². The lowest BCUT2D eigenvalue weighted by Crippen LogP contribution is -2.38. The van der Waals surface area contributed by atoms with E-state index < -0.39 is 9.84 Å². The SMILES string of the molecule is NCC1CN(CCS(=O)(=O)c2ccccn2)CCCO1. The van der Waals surface area contributed by atoms with Gasteiger partial charge in [0.25, 0.3) is 0 Å². The largest absolute Gasteiger partial charge is 0.376 e. The van der Waals surface area contributed by atoms with Crippen molar-refractivity contribution in [3.05, 3.63) is 24.4 Å². The fourth-order valence-electron chi connectivity index (χ4n) is 2.20. The zero-order chi connectivity index (χ0) is 14.4. The van der Waals surface area contributed by atoms with E-state index in [4.69, 9.17) is 10.5 Å². The lowest BCUT2D eigenvalue weighted by molar-refractivity contribution is 0.0613. The highest BCUT2D eigenvalue weighted by molar-refractivity contribution is 7.91. The molecule has 2 N–H and O–H groups in total. The number of hydrogen-bond acceptors (Lipinski definition) is 6. The molecule has 0 aromatic carbocycles. The summed E-state index contributed by atoms with van der Waals surface area (Å²) in [6.07, 6.45) is 2.40. The Hall–Kier alpha value is -1.02. The van der Waals surface area contributed by atoms with Gasteiger partial charge in [0.1, 0.15) is 0 Å². The number of sulfone groups is 1. The molecule has 1 atom stereocenters. The van der Waals surface area contributed by atoms with Crippen molar-refractivity contribution in [1.82, 2.24) is 9.88 Å². The van der Waals surface area contributed by atoms with Crippen LogP contribution in [0.2, 0.25) is 0 Å². The van der Waals surface area contributed by atoms with Crippen LogP contribution in [0.1, 0.15) is 6.42 Å². The third-order valence-electron chi connectivity index (χ3n) is 3.33. The van der Waals surface area contributed by atoms with Gasteiger partial charge < -0.3 is 10.5 Å². The molecule has 6 nitrogen and oxygen atoms in total. The number of aromatic nitrogens is 1. The van der Waals surface area contributed by atoms with Crippen molar-refractivity contribution < 1.29 is 13.2 Å². The molecule has 1 fully saturated rings. The van der Waals surface area contributed by atoms with Crippen LogP contribution in [0.5, 0.6) is 0 Å². The average Bonchev–Trinajstić information content (AvgIpc) is 2.71. The summed E-state index contributed by atoms with van der Waals surface area (Å²) in [7, 11) is -3.32. The van der Waals surface area contributed by atoms with Crippen LogP contribution in [0.4, 0.5) is 0 Å². The van der Waals surface area contributed by atoms with Crippen molar-refractivity contribution >= 4 is 9.84 Å². The smallest absolute Gasteiger partial charge is 0.196 e. The summed E-state index contributed by atoms with van der Waals surface area (Å²) in [5.74, 6) is 0.0707. The Labute approximate surface area is 119 Å². The lowest BCUT2D eigenvalue weighted by atomic mass is 10.3. The molecule has 1 aromatic heterocycles. The van der Waals surface area contributed by atoms with E-state index in [1.165, 1.54) is 12.3 Å². The molecule has 2 heterocycles. The van der Waals surface area contributed by atoms with E-state index in [2.05, 4.69) is 9.88 Å². The average molecular weight is 299 g/mol. The van der Waals surface area contributed by atoms with Crippen molar-refractivity contribution in [1.29, 1.82) is 0 Å². The van der Waals surface area contributed by atoms with Crippen LogP contribution >= 0.6 is 0 Å². The standard InChI is InChI=1S/C13H21N3O3S/c14-10-12-11-16(6-3-8-19-12)7-9-20(17,18)13-4-1-2-5-15-13/h1-2,4-5,12H,3,6-11,14H2. The van der Waals surface area contributed by atoms with Crippen LogP contribution in [0, 0.1) is 0 Å². The minimum absolute atomic E-state index is 0.00458. The summed E-state index contributed by atoms with van der Waals surface area (Å²) in [5, 5.41) is 0.140. The highest BCUT2D eigenvalue weighted by Crippen LogP contribution is 2.09. The molecule has 112 valence electrons. The third-order valence-corrected chi connectivity index (χ3v) is 4.93. The Balaban J connectivity index is 1.94. The molecule has 2 rings (SSSR count). The van der Waals surface area contributed by atoms with Gasteiger partial charge in [-0.2, -0.15) is 0 Å². The Morgan fingerprint density at radius 3 is 3.00 bits per heavy atom. The fourth-order valence-corrected chi connectivity index (χ4v) is 3.42. The molecule has 7 heteroatoms. The van der Waals surface area contributed by atoms with Gasteiger partial charge in [0.15, 0.2) is 14.9 Å². The topological polar surface area (TPSA) is 85.5 Å². The molecule has 1 aliphatic heterocycles. The second kappa shape index (κ2) is 7.12. The van der Waals surface area contributed by atoms with Gasteiger partial charge in [-0.3, -0.25) is 4.90 Å². The van der Waals surface area contributed by atoms with Crippen molar-refractivity contribution in [2.24, 2.45) is 5.73 Å². The lowest BCUT2D eigenvalue weighted by Gasteiger charge is -2.22. The Kier molecular flexibility index (Phi) is 5.47. The van der Waals surface area contributed by atoms with E-state index in [1.54, 1.807) is 12.1 Å².